The molecule has 0 saturated carbocycles. The summed E-state index contributed by atoms with van der Waals surface area (Å²) in [4.78, 5) is 11.3. The van der Waals surface area contributed by atoms with Crippen LogP contribution in [0.2, 0.25) is 0 Å². The third-order valence-corrected chi connectivity index (χ3v) is 3.20. The Kier molecular flexibility index (Phi) is 3.19. The molecule has 0 spiro atoms. The van der Waals surface area contributed by atoms with Gasteiger partial charge >= 0.3 is 0 Å². The zero-order chi connectivity index (χ0) is 11.5. The standard InChI is InChI=1S/C12H15N3S/c1-8-6-9(2)15-12(14-8)13-7-11-5-4-10(3)16-11/h4-6H,7H2,1-3H3,(H,13,14,15). The van der Waals surface area contributed by atoms with Crippen molar-refractivity contribution in [3.63, 3.8) is 0 Å². The lowest BCUT2D eigenvalue weighted by molar-refractivity contribution is 1.01. The normalized spacial score (nSPS) is 10.4. The van der Waals surface area contributed by atoms with E-state index < -0.39 is 0 Å². The lowest BCUT2D eigenvalue weighted by Gasteiger charge is -2.04. The molecular formula is C12H15N3S. The van der Waals surface area contributed by atoms with Gasteiger partial charge in [0.25, 0.3) is 0 Å². The van der Waals surface area contributed by atoms with E-state index in [-0.39, 0.29) is 0 Å². The van der Waals surface area contributed by atoms with E-state index >= 15 is 0 Å². The molecule has 0 radical (unpaired) electrons. The van der Waals surface area contributed by atoms with Gasteiger partial charge in [-0.25, -0.2) is 9.97 Å². The molecule has 0 aliphatic carbocycles. The Morgan fingerprint density at radius 1 is 1.12 bits per heavy atom. The van der Waals surface area contributed by atoms with Gasteiger partial charge in [-0.1, -0.05) is 0 Å². The fourth-order valence-electron chi connectivity index (χ4n) is 1.55. The van der Waals surface area contributed by atoms with Gasteiger partial charge in [0.1, 0.15) is 0 Å². The summed E-state index contributed by atoms with van der Waals surface area (Å²) in [7, 11) is 0. The van der Waals surface area contributed by atoms with Crippen molar-refractivity contribution in [2.24, 2.45) is 0 Å². The SMILES string of the molecule is Cc1cc(C)nc(NCc2ccc(C)s2)n1. The molecule has 0 saturated heterocycles. The van der Waals surface area contributed by atoms with Crippen LogP contribution >= 0.6 is 11.3 Å². The molecule has 84 valence electrons. The molecule has 0 bridgehead atoms. The van der Waals surface area contributed by atoms with Crippen LogP contribution in [0.15, 0.2) is 18.2 Å². The summed E-state index contributed by atoms with van der Waals surface area (Å²) < 4.78 is 0. The zero-order valence-corrected chi connectivity index (χ0v) is 10.6. The first kappa shape index (κ1) is 11.1. The molecular weight excluding hydrogens is 218 g/mol. The Labute approximate surface area is 99.6 Å². The molecule has 16 heavy (non-hydrogen) atoms. The van der Waals surface area contributed by atoms with Gasteiger partial charge in [-0.15, -0.1) is 11.3 Å². The van der Waals surface area contributed by atoms with Crippen molar-refractivity contribution in [3.8, 4) is 0 Å². The topological polar surface area (TPSA) is 37.8 Å². The molecule has 0 unspecified atom stereocenters. The summed E-state index contributed by atoms with van der Waals surface area (Å²) in [6, 6.07) is 6.24. The highest BCUT2D eigenvalue weighted by Crippen LogP contribution is 2.16. The van der Waals surface area contributed by atoms with Crippen molar-refractivity contribution in [2.75, 3.05) is 5.32 Å². The van der Waals surface area contributed by atoms with Gasteiger partial charge in [-0.05, 0) is 39.0 Å². The summed E-state index contributed by atoms with van der Waals surface area (Å²) >= 11 is 1.80. The Hall–Kier alpha value is -1.42. The average Bonchev–Trinajstić information content (AvgIpc) is 2.60. The van der Waals surface area contributed by atoms with Gasteiger partial charge in [0.15, 0.2) is 0 Å². The quantitative estimate of drug-likeness (QED) is 0.885. The van der Waals surface area contributed by atoms with Crippen molar-refractivity contribution < 1.29 is 0 Å². The van der Waals surface area contributed by atoms with Crippen molar-refractivity contribution >= 4 is 17.3 Å². The Balaban J connectivity index is 2.04. The molecule has 0 atom stereocenters. The fourth-order valence-corrected chi connectivity index (χ4v) is 2.38. The second kappa shape index (κ2) is 4.61. The predicted molar refractivity (Wildman–Crippen MR) is 67.9 cm³/mol. The van der Waals surface area contributed by atoms with Crippen LogP contribution in [-0.2, 0) is 6.54 Å². The summed E-state index contributed by atoms with van der Waals surface area (Å²) in [5.41, 5.74) is 2.00. The number of rotatable bonds is 3. The third kappa shape index (κ3) is 2.79. The van der Waals surface area contributed by atoms with E-state index in [1.807, 2.05) is 19.9 Å². The lowest BCUT2D eigenvalue weighted by Crippen LogP contribution is -2.04. The number of nitrogens with one attached hydrogen (secondary N) is 1. The maximum Gasteiger partial charge on any atom is 0.223 e. The summed E-state index contributed by atoms with van der Waals surface area (Å²) in [6.07, 6.45) is 0. The molecule has 0 aromatic carbocycles. The van der Waals surface area contributed by atoms with E-state index in [4.69, 9.17) is 0 Å². The molecule has 0 fully saturated rings. The average molecular weight is 233 g/mol. The van der Waals surface area contributed by atoms with E-state index in [1.165, 1.54) is 9.75 Å². The first-order valence-corrected chi connectivity index (χ1v) is 6.06. The Morgan fingerprint density at radius 2 is 1.81 bits per heavy atom. The van der Waals surface area contributed by atoms with Crippen molar-refractivity contribution in [1.29, 1.82) is 0 Å². The minimum Gasteiger partial charge on any atom is -0.349 e. The van der Waals surface area contributed by atoms with Crippen LogP contribution in [0.5, 0.6) is 0 Å². The molecule has 0 aliphatic heterocycles. The smallest absolute Gasteiger partial charge is 0.223 e. The van der Waals surface area contributed by atoms with E-state index in [1.54, 1.807) is 11.3 Å². The van der Waals surface area contributed by atoms with E-state index in [0.717, 1.165) is 17.9 Å². The molecule has 3 nitrogen and oxygen atoms in total. The number of thiophene rings is 1. The molecule has 0 aliphatic rings. The molecule has 0 amide bonds. The van der Waals surface area contributed by atoms with Gasteiger partial charge < -0.3 is 5.32 Å². The first-order chi connectivity index (χ1) is 7.63. The minimum atomic E-state index is 0.712. The number of anilines is 1. The van der Waals surface area contributed by atoms with Crippen LogP contribution in [0.4, 0.5) is 5.95 Å². The highest BCUT2D eigenvalue weighted by Gasteiger charge is 2.00. The zero-order valence-electron chi connectivity index (χ0n) is 9.74. The van der Waals surface area contributed by atoms with Gasteiger partial charge in [0.05, 0.1) is 6.54 Å². The minimum absolute atomic E-state index is 0.712. The summed E-state index contributed by atoms with van der Waals surface area (Å²) in [5.74, 6) is 0.712. The highest BCUT2D eigenvalue weighted by molar-refractivity contribution is 7.11. The maximum absolute atomic E-state index is 4.34. The molecule has 1 N–H and O–H groups in total. The molecule has 2 aromatic heterocycles. The number of hydrogen-bond donors (Lipinski definition) is 1. The van der Waals surface area contributed by atoms with Crippen molar-refractivity contribution in [1.82, 2.24) is 9.97 Å². The molecule has 2 rings (SSSR count). The molecule has 4 heteroatoms. The second-order valence-corrected chi connectivity index (χ2v) is 5.21. The fraction of sp³-hybridized carbons (Fsp3) is 0.333. The Morgan fingerprint density at radius 3 is 2.38 bits per heavy atom. The van der Waals surface area contributed by atoms with Crippen LogP contribution in [-0.4, -0.2) is 9.97 Å². The largest absolute Gasteiger partial charge is 0.349 e. The lowest BCUT2D eigenvalue weighted by atomic mass is 10.3. The number of aryl methyl sites for hydroxylation is 3. The van der Waals surface area contributed by atoms with Crippen LogP contribution in [0, 0.1) is 20.8 Å². The van der Waals surface area contributed by atoms with E-state index in [2.05, 4.69) is 34.3 Å². The van der Waals surface area contributed by atoms with Gasteiger partial charge in [-0.3, -0.25) is 0 Å². The van der Waals surface area contributed by atoms with Gasteiger partial charge in [0.2, 0.25) is 5.95 Å². The van der Waals surface area contributed by atoms with Gasteiger partial charge in [0, 0.05) is 21.1 Å². The first-order valence-electron chi connectivity index (χ1n) is 5.25. The maximum atomic E-state index is 4.34. The number of aromatic nitrogens is 2. The molecule has 2 heterocycles. The highest BCUT2D eigenvalue weighted by atomic mass is 32.1. The second-order valence-electron chi connectivity index (χ2n) is 3.84. The number of hydrogen-bond acceptors (Lipinski definition) is 4. The van der Waals surface area contributed by atoms with Crippen molar-refractivity contribution in [3.05, 3.63) is 39.3 Å². The monoisotopic (exact) mass is 233 g/mol. The van der Waals surface area contributed by atoms with Gasteiger partial charge in [-0.2, -0.15) is 0 Å². The third-order valence-electron chi connectivity index (χ3n) is 2.20. The summed E-state index contributed by atoms with van der Waals surface area (Å²) in [6.45, 7) is 6.87. The molecule has 2 aromatic rings. The summed E-state index contributed by atoms with van der Waals surface area (Å²) in [5, 5.41) is 3.24. The van der Waals surface area contributed by atoms with Crippen LogP contribution in [0.3, 0.4) is 0 Å². The number of nitrogens with zero attached hydrogens (tertiary/aromatic N) is 2. The predicted octanol–water partition coefficient (Wildman–Crippen LogP) is 3.08. The van der Waals surface area contributed by atoms with Crippen molar-refractivity contribution in [2.45, 2.75) is 27.3 Å². The van der Waals surface area contributed by atoms with E-state index in [0.29, 0.717) is 5.95 Å². The van der Waals surface area contributed by atoms with Crippen LogP contribution in [0.25, 0.3) is 0 Å². The van der Waals surface area contributed by atoms with E-state index in [9.17, 15) is 0 Å². The Bertz CT molecular complexity index is 471. The van der Waals surface area contributed by atoms with Crippen LogP contribution < -0.4 is 5.32 Å². The van der Waals surface area contributed by atoms with Crippen LogP contribution in [0.1, 0.15) is 21.1 Å².